The van der Waals surface area contributed by atoms with Gasteiger partial charge in [0.05, 0.1) is 10.6 Å². The van der Waals surface area contributed by atoms with Crippen LogP contribution in [-0.2, 0) is 0 Å². The molecule has 0 unspecified atom stereocenters. The van der Waals surface area contributed by atoms with Gasteiger partial charge in [-0.1, -0.05) is 28.8 Å². The van der Waals surface area contributed by atoms with Gasteiger partial charge in [0.25, 0.3) is 5.89 Å². The van der Waals surface area contributed by atoms with Crippen molar-refractivity contribution in [3.8, 4) is 23.3 Å². The predicted molar refractivity (Wildman–Crippen MR) is 82.3 cm³/mol. The van der Waals surface area contributed by atoms with Crippen LogP contribution in [0.1, 0.15) is 5.56 Å². The van der Waals surface area contributed by atoms with Crippen LogP contribution in [0.4, 0.5) is 0 Å². The first-order valence-electron chi connectivity index (χ1n) is 6.34. The number of nitrogens with one attached hydrogen (secondary N) is 1. The van der Waals surface area contributed by atoms with Gasteiger partial charge in [0.15, 0.2) is 0 Å². The second kappa shape index (κ2) is 5.87. The highest BCUT2D eigenvalue weighted by Gasteiger charge is 2.13. The van der Waals surface area contributed by atoms with Crippen LogP contribution in [-0.4, -0.2) is 16.0 Å². The summed E-state index contributed by atoms with van der Waals surface area (Å²) in [4.78, 5) is 0. The third kappa shape index (κ3) is 2.91. The fraction of sp³-hybridized carbons (Fsp3) is 0. The van der Waals surface area contributed by atoms with Crippen molar-refractivity contribution >= 4 is 17.4 Å². The summed E-state index contributed by atoms with van der Waals surface area (Å²) in [7, 11) is 0. The van der Waals surface area contributed by atoms with E-state index in [1.807, 2.05) is 12.1 Å². The van der Waals surface area contributed by atoms with Crippen molar-refractivity contribution in [2.75, 3.05) is 0 Å². The minimum Gasteiger partial charge on any atom is -0.410 e. The van der Waals surface area contributed by atoms with Gasteiger partial charge in [-0.15, -0.1) is 5.10 Å². The highest BCUT2D eigenvalue weighted by atomic mass is 35.5. The Morgan fingerprint density at radius 1 is 1.09 bits per heavy atom. The van der Waals surface area contributed by atoms with Gasteiger partial charge in [-0.2, -0.15) is 0 Å². The molecule has 0 aliphatic rings. The fourth-order valence-corrected chi connectivity index (χ4v) is 2.01. The third-order valence-electron chi connectivity index (χ3n) is 2.88. The topological polar surface area (TPSA) is 98.0 Å². The molecule has 0 amide bonds. The molecule has 1 aromatic heterocycles. The Bertz CT molecular complexity index is 814. The van der Waals surface area contributed by atoms with E-state index < -0.39 is 0 Å². The summed E-state index contributed by atoms with van der Waals surface area (Å²) in [5, 5.41) is 15.6. The summed E-state index contributed by atoms with van der Waals surface area (Å²) in [6.45, 7) is 0. The molecular weight excluding hydrogens is 304 g/mol. The van der Waals surface area contributed by atoms with Crippen molar-refractivity contribution in [3.05, 3.63) is 59.1 Å². The molecule has 0 radical (unpaired) electrons. The van der Waals surface area contributed by atoms with Gasteiger partial charge >= 0.3 is 6.08 Å². The molecule has 3 N–H and O–H groups in total. The lowest BCUT2D eigenvalue weighted by molar-refractivity contribution is 0.335. The summed E-state index contributed by atoms with van der Waals surface area (Å²) < 4.78 is 10.9. The quantitative estimate of drug-likeness (QED) is 0.567. The molecule has 110 valence electrons. The maximum Gasteiger partial charge on any atom is 0.420 e. The van der Waals surface area contributed by atoms with Gasteiger partial charge in [-0.3, -0.25) is 5.41 Å². The second-order valence-electron chi connectivity index (χ2n) is 4.39. The standard InChI is InChI=1S/C15H11ClN4O2/c16-12-4-2-1-3-11(12)14-19-20-15(22-14)21-10-7-5-9(6-8-10)13(17)18/h1-8H,(H3,17,18). The Morgan fingerprint density at radius 2 is 1.82 bits per heavy atom. The molecule has 6 nitrogen and oxygen atoms in total. The lowest BCUT2D eigenvalue weighted by Crippen LogP contribution is -2.10. The van der Waals surface area contributed by atoms with Crippen LogP contribution in [0.15, 0.2) is 52.9 Å². The monoisotopic (exact) mass is 314 g/mol. The number of rotatable bonds is 4. The predicted octanol–water partition coefficient (Wildman–Crippen LogP) is 3.47. The zero-order valence-corrected chi connectivity index (χ0v) is 12.0. The molecule has 3 rings (SSSR count). The largest absolute Gasteiger partial charge is 0.420 e. The third-order valence-corrected chi connectivity index (χ3v) is 3.21. The van der Waals surface area contributed by atoms with Crippen molar-refractivity contribution in [1.29, 1.82) is 5.41 Å². The van der Waals surface area contributed by atoms with Crippen molar-refractivity contribution < 1.29 is 9.15 Å². The maximum absolute atomic E-state index is 7.33. The normalized spacial score (nSPS) is 10.4. The molecular formula is C15H11ClN4O2. The van der Waals surface area contributed by atoms with E-state index in [0.717, 1.165) is 0 Å². The molecule has 0 saturated carbocycles. The number of ether oxygens (including phenoxy) is 1. The van der Waals surface area contributed by atoms with E-state index in [1.54, 1.807) is 36.4 Å². The van der Waals surface area contributed by atoms with Crippen LogP contribution < -0.4 is 10.5 Å². The molecule has 1 heterocycles. The van der Waals surface area contributed by atoms with E-state index >= 15 is 0 Å². The number of nitrogens with two attached hydrogens (primary N) is 1. The summed E-state index contributed by atoms with van der Waals surface area (Å²) in [5.74, 6) is 0.769. The number of halogens is 1. The first kappa shape index (κ1) is 14.1. The lowest BCUT2D eigenvalue weighted by atomic mass is 10.2. The van der Waals surface area contributed by atoms with Crippen LogP contribution in [0.2, 0.25) is 5.02 Å². The van der Waals surface area contributed by atoms with Gasteiger partial charge in [0.1, 0.15) is 11.6 Å². The van der Waals surface area contributed by atoms with E-state index in [-0.39, 0.29) is 17.8 Å². The van der Waals surface area contributed by atoms with Gasteiger partial charge < -0.3 is 14.9 Å². The summed E-state index contributed by atoms with van der Waals surface area (Å²) in [6, 6.07) is 13.8. The van der Waals surface area contributed by atoms with Crippen LogP contribution in [0.5, 0.6) is 11.8 Å². The average molecular weight is 315 g/mol. The Hall–Kier alpha value is -2.86. The molecule has 22 heavy (non-hydrogen) atoms. The van der Waals surface area contributed by atoms with E-state index in [4.69, 9.17) is 31.9 Å². The summed E-state index contributed by atoms with van der Waals surface area (Å²) >= 11 is 6.07. The Labute approximate surface area is 131 Å². The van der Waals surface area contributed by atoms with Crippen molar-refractivity contribution in [2.45, 2.75) is 0 Å². The van der Waals surface area contributed by atoms with Gasteiger partial charge in [-0.05, 0) is 36.4 Å². The van der Waals surface area contributed by atoms with E-state index in [9.17, 15) is 0 Å². The molecule has 7 heteroatoms. The van der Waals surface area contributed by atoms with Crippen LogP contribution in [0.25, 0.3) is 11.5 Å². The van der Waals surface area contributed by atoms with E-state index in [1.165, 1.54) is 0 Å². The van der Waals surface area contributed by atoms with E-state index in [0.29, 0.717) is 21.9 Å². The van der Waals surface area contributed by atoms with Crippen molar-refractivity contribution in [3.63, 3.8) is 0 Å². The zero-order chi connectivity index (χ0) is 15.5. The lowest BCUT2D eigenvalue weighted by Gasteiger charge is -2.02. The Morgan fingerprint density at radius 3 is 2.50 bits per heavy atom. The number of nitrogen functional groups attached to an aromatic ring is 1. The Kier molecular flexibility index (Phi) is 3.76. The SMILES string of the molecule is N=C(N)c1ccc(Oc2nnc(-c3ccccc3Cl)o2)cc1. The van der Waals surface area contributed by atoms with E-state index in [2.05, 4.69) is 10.2 Å². The molecule has 0 saturated heterocycles. The van der Waals surface area contributed by atoms with Crippen LogP contribution in [0, 0.1) is 5.41 Å². The number of hydrogen-bond acceptors (Lipinski definition) is 5. The van der Waals surface area contributed by atoms with Crippen LogP contribution >= 0.6 is 11.6 Å². The molecule has 0 bridgehead atoms. The van der Waals surface area contributed by atoms with Crippen molar-refractivity contribution in [2.24, 2.45) is 5.73 Å². The molecule has 0 aliphatic heterocycles. The molecule has 0 spiro atoms. The minimum atomic E-state index is -0.00894. The number of aromatic nitrogens is 2. The average Bonchev–Trinajstić information content (AvgIpc) is 2.96. The zero-order valence-electron chi connectivity index (χ0n) is 11.3. The second-order valence-corrected chi connectivity index (χ2v) is 4.80. The number of nitrogens with zero attached hydrogens (tertiary/aromatic N) is 2. The first-order valence-corrected chi connectivity index (χ1v) is 6.72. The van der Waals surface area contributed by atoms with Gasteiger partial charge in [-0.25, -0.2) is 0 Å². The van der Waals surface area contributed by atoms with Crippen LogP contribution in [0.3, 0.4) is 0 Å². The first-order chi connectivity index (χ1) is 10.6. The molecule has 0 atom stereocenters. The highest BCUT2D eigenvalue weighted by Crippen LogP contribution is 2.29. The maximum atomic E-state index is 7.33. The number of hydrogen-bond donors (Lipinski definition) is 2. The van der Waals surface area contributed by atoms with Crippen molar-refractivity contribution in [1.82, 2.24) is 10.2 Å². The number of benzene rings is 2. The summed E-state index contributed by atoms with van der Waals surface area (Å²) in [5.41, 5.74) is 6.63. The molecule has 0 aliphatic carbocycles. The van der Waals surface area contributed by atoms with Gasteiger partial charge in [0, 0.05) is 5.56 Å². The minimum absolute atomic E-state index is 0.00509. The Balaban J connectivity index is 1.80. The van der Waals surface area contributed by atoms with Gasteiger partial charge in [0.2, 0.25) is 0 Å². The summed E-state index contributed by atoms with van der Waals surface area (Å²) in [6.07, 6.45) is 0.00509. The fourth-order valence-electron chi connectivity index (χ4n) is 1.80. The highest BCUT2D eigenvalue weighted by molar-refractivity contribution is 6.33. The molecule has 3 aromatic rings. The number of amidine groups is 1. The smallest absolute Gasteiger partial charge is 0.410 e. The molecule has 0 fully saturated rings. The molecule has 2 aromatic carbocycles.